The lowest BCUT2D eigenvalue weighted by molar-refractivity contribution is -0.127. The van der Waals surface area contributed by atoms with Crippen LogP contribution in [0.2, 0.25) is 0 Å². The lowest BCUT2D eigenvalue weighted by Gasteiger charge is -2.35. The Morgan fingerprint density at radius 2 is 1.73 bits per heavy atom. The molecule has 30 heavy (non-hydrogen) atoms. The van der Waals surface area contributed by atoms with Crippen LogP contribution >= 0.6 is 0 Å². The van der Waals surface area contributed by atoms with Crippen molar-refractivity contribution in [3.8, 4) is 5.75 Å². The number of hydrogen-bond acceptors (Lipinski definition) is 4. The highest BCUT2D eigenvalue weighted by Gasteiger charge is 2.51. The minimum absolute atomic E-state index is 0.0434. The number of ether oxygens (including phenoxy) is 1. The Kier molecular flexibility index (Phi) is 5.67. The molecule has 5 nitrogen and oxygen atoms in total. The van der Waals surface area contributed by atoms with Gasteiger partial charge in [-0.15, -0.1) is 0 Å². The van der Waals surface area contributed by atoms with Crippen LogP contribution in [-0.2, 0) is 19.4 Å². The Morgan fingerprint density at radius 1 is 1.07 bits per heavy atom. The Hall–Kier alpha value is -1.56. The molecule has 0 unspecified atom stereocenters. The van der Waals surface area contributed by atoms with Gasteiger partial charge in [-0.25, -0.2) is 8.42 Å². The molecule has 0 N–H and O–H groups in total. The molecule has 1 aliphatic heterocycles. The molecule has 166 valence electrons. The average Bonchev–Trinajstić information content (AvgIpc) is 3.22. The topological polar surface area (TPSA) is 63.7 Å². The summed E-state index contributed by atoms with van der Waals surface area (Å²) < 4.78 is 33.1. The number of benzene rings is 1. The largest absolute Gasteiger partial charge is 0.490 e. The van der Waals surface area contributed by atoms with Crippen LogP contribution in [0.15, 0.2) is 18.2 Å². The van der Waals surface area contributed by atoms with Crippen LogP contribution in [0, 0.1) is 5.41 Å². The van der Waals surface area contributed by atoms with E-state index < -0.39 is 20.0 Å². The van der Waals surface area contributed by atoms with Crippen molar-refractivity contribution in [1.29, 1.82) is 0 Å². The number of amides is 1. The summed E-state index contributed by atoms with van der Waals surface area (Å²) in [7, 11) is -3.30. The summed E-state index contributed by atoms with van der Waals surface area (Å²) in [5.41, 5.74) is 0.988. The van der Waals surface area contributed by atoms with Crippen LogP contribution in [0.1, 0.15) is 84.1 Å². The van der Waals surface area contributed by atoms with Crippen LogP contribution in [-0.4, -0.2) is 32.7 Å². The smallest absolute Gasteiger partial charge is 0.236 e. The molecule has 3 aliphatic rings. The van der Waals surface area contributed by atoms with Crippen LogP contribution in [0.3, 0.4) is 0 Å². The summed E-state index contributed by atoms with van der Waals surface area (Å²) >= 11 is 0. The molecule has 0 spiro atoms. The van der Waals surface area contributed by atoms with Crippen molar-refractivity contribution >= 4 is 21.4 Å². The molecular formula is C24H35NO4S. The maximum absolute atomic E-state index is 13.9. The molecule has 1 amide bonds. The second kappa shape index (κ2) is 7.85. The first-order valence-electron chi connectivity index (χ1n) is 11.6. The van der Waals surface area contributed by atoms with Gasteiger partial charge in [0.2, 0.25) is 5.91 Å². The number of fused-ring (bicyclic) bond motifs is 1. The molecule has 2 fully saturated rings. The van der Waals surface area contributed by atoms with E-state index in [4.69, 9.17) is 4.74 Å². The fourth-order valence-electron chi connectivity index (χ4n) is 5.62. The Morgan fingerprint density at radius 3 is 2.37 bits per heavy atom. The number of rotatable bonds is 4. The summed E-state index contributed by atoms with van der Waals surface area (Å²) in [6, 6.07) is 5.78. The highest BCUT2D eigenvalue weighted by Crippen LogP contribution is 2.51. The zero-order valence-electron chi connectivity index (χ0n) is 18.6. The zero-order valence-corrected chi connectivity index (χ0v) is 19.4. The molecule has 0 aromatic heterocycles. The van der Waals surface area contributed by atoms with Gasteiger partial charge < -0.3 is 9.64 Å². The third-order valence-corrected chi connectivity index (χ3v) is 10.5. The molecule has 0 atom stereocenters. The second-order valence-corrected chi connectivity index (χ2v) is 12.4. The normalized spacial score (nSPS) is 24.2. The number of carbonyl (C=O) groups excluding carboxylic acids is 1. The maximum Gasteiger partial charge on any atom is 0.236 e. The fraction of sp³-hybridized carbons (Fsp3) is 0.708. The molecular weight excluding hydrogens is 398 g/mol. The van der Waals surface area contributed by atoms with Gasteiger partial charge in [0, 0.05) is 6.54 Å². The maximum atomic E-state index is 13.9. The number of hydrogen-bond donors (Lipinski definition) is 0. The number of nitrogens with zero attached hydrogens (tertiary/aromatic N) is 1. The van der Waals surface area contributed by atoms with Crippen molar-refractivity contribution < 1.29 is 17.9 Å². The van der Waals surface area contributed by atoms with E-state index in [1.165, 1.54) is 0 Å². The average molecular weight is 434 g/mol. The molecule has 2 saturated carbocycles. The number of carbonyl (C=O) groups is 1. The summed E-state index contributed by atoms with van der Waals surface area (Å²) in [6.07, 6.45) is 8.00. The highest BCUT2D eigenvalue weighted by molar-refractivity contribution is 7.93. The summed E-state index contributed by atoms with van der Waals surface area (Å²) in [4.78, 5) is 14.7. The third kappa shape index (κ3) is 3.35. The van der Waals surface area contributed by atoms with Gasteiger partial charge in [-0.2, -0.15) is 0 Å². The lowest BCUT2D eigenvalue weighted by Crippen LogP contribution is -2.42. The zero-order chi connectivity index (χ0) is 21.6. The van der Waals surface area contributed by atoms with E-state index in [0.29, 0.717) is 31.7 Å². The fourth-order valence-corrected chi connectivity index (χ4v) is 8.53. The quantitative estimate of drug-likeness (QED) is 0.672. The van der Waals surface area contributed by atoms with Crippen molar-refractivity contribution in [2.24, 2.45) is 5.41 Å². The minimum Gasteiger partial charge on any atom is -0.490 e. The number of anilines is 1. The first-order chi connectivity index (χ1) is 14.2. The van der Waals surface area contributed by atoms with Gasteiger partial charge in [-0.05, 0) is 64.2 Å². The van der Waals surface area contributed by atoms with E-state index in [1.54, 1.807) is 4.90 Å². The van der Waals surface area contributed by atoms with Gasteiger partial charge in [0.15, 0.2) is 9.84 Å². The first kappa shape index (κ1) is 21.7. The van der Waals surface area contributed by atoms with Crippen molar-refractivity contribution in [2.75, 3.05) is 18.1 Å². The number of sulfone groups is 1. The van der Waals surface area contributed by atoms with E-state index >= 15 is 0 Å². The van der Waals surface area contributed by atoms with Gasteiger partial charge in [0.25, 0.3) is 0 Å². The van der Waals surface area contributed by atoms with Gasteiger partial charge >= 0.3 is 0 Å². The summed E-state index contributed by atoms with van der Waals surface area (Å²) in [5.74, 6) is 0.681. The molecule has 4 rings (SSSR count). The van der Waals surface area contributed by atoms with Crippen molar-refractivity contribution in [2.45, 2.75) is 88.6 Å². The van der Waals surface area contributed by atoms with Gasteiger partial charge in [0.1, 0.15) is 12.4 Å². The SMILES string of the molecule is CCN1C(=O)C(C)(C)COc2cc(C3(S(=O)(=O)C4CCCCC4)CCCC3)ccc21. The molecule has 1 aromatic carbocycles. The molecule has 0 radical (unpaired) electrons. The Labute approximate surface area is 181 Å². The van der Waals surface area contributed by atoms with E-state index in [9.17, 15) is 13.2 Å². The second-order valence-electron chi connectivity index (χ2n) is 9.91. The van der Waals surface area contributed by atoms with Crippen LogP contribution < -0.4 is 9.64 Å². The summed E-state index contributed by atoms with van der Waals surface area (Å²) in [5, 5.41) is -0.225. The van der Waals surface area contributed by atoms with Crippen LogP contribution in [0.5, 0.6) is 5.75 Å². The van der Waals surface area contributed by atoms with Crippen LogP contribution in [0.25, 0.3) is 0 Å². The molecule has 1 heterocycles. The van der Waals surface area contributed by atoms with Crippen molar-refractivity contribution in [3.05, 3.63) is 23.8 Å². The Bertz CT molecular complexity index is 909. The first-order valence-corrected chi connectivity index (χ1v) is 13.1. The van der Waals surface area contributed by atoms with Gasteiger partial charge in [0.05, 0.1) is 21.1 Å². The molecule has 2 aliphatic carbocycles. The monoisotopic (exact) mass is 433 g/mol. The van der Waals surface area contributed by atoms with Crippen molar-refractivity contribution in [1.82, 2.24) is 0 Å². The highest BCUT2D eigenvalue weighted by atomic mass is 32.2. The van der Waals surface area contributed by atoms with Crippen molar-refractivity contribution in [3.63, 3.8) is 0 Å². The summed E-state index contributed by atoms with van der Waals surface area (Å²) in [6.45, 7) is 6.61. The van der Waals surface area contributed by atoms with E-state index in [2.05, 4.69) is 0 Å². The van der Waals surface area contributed by atoms with Crippen LogP contribution in [0.4, 0.5) is 5.69 Å². The van der Waals surface area contributed by atoms with E-state index in [1.807, 2.05) is 39.0 Å². The predicted octanol–water partition coefficient (Wildman–Crippen LogP) is 4.97. The minimum atomic E-state index is -3.30. The third-order valence-electron chi connectivity index (χ3n) is 7.45. The van der Waals surface area contributed by atoms with E-state index in [0.717, 1.165) is 56.2 Å². The predicted molar refractivity (Wildman–Crippen MR) is 120 cm³/mol. The van der Waals surface area contributed by atoms with E-state index in [-0.39, 0.29) is 11.2 Å². The molecule has 6 heteroatoms. The molecule has 0 saturated heterocycles. The molecule has 1 aromatic rings. The lowest BCUT2D eigenvalue weighted by atomic mass is 9.93. The van der Waals surface area contributed by atoms with Gasteiger partial charge in [-0.3, -0.25) is 4.79 Å². The molecule has 0 bridgehead atoms. The van der Waals surface area contributed by atoms with Gasteiger partial charge in [-0.1, -0.05) is 38.2 Å². The Balaban J connectivity index is 1.78. The standard InChI is InChI=1S/C24H35NO4S/c1-4-25-20-13-12-18(16-21(20)29-17-23(2,3)22(25)26)24(14-8-9-15-24)30(27,28)19-10-6-5-7-11-19/h12-13,16,19H,4-11,14-15,17H2,1-3H3.